The molecule has 1 amide bonds. The lowest BCUT2D eigenvalue weighted by Gasteiger charge is -2.05. The lowest BCUT2D eigenvalue weighted by atomic mass is 10.1. The van der Waals surface area contributed by atoms with E-state index in [1.807, 2.05) is 31.3 Å². The Labute approximate surface area is 151 Å². The summed E-state index contributed by atoms with van der Waals surface area (Å²) >= 11 is 1.47. The summed E-state index contributed by atoms with van der Waals surface area (Å²) in [6, 6.07) is 5.97. The molecule has 0 bridgehead atoms. The second-order valence-electron chi connectivity index (χ2n) is 5.99. The Bertz CT molecular complexity index is 882. The third-order valence-corrected chi connectivity index (χ3v) is 5.16. The van der Waals surface area contributed by atoms with Gasteiger partial charge in [0.1, 0.15) is 10.6 Å². The van der Waals surface area contributed by atoms with Crippen molar-refractivity contribution in [3.05, 3.63) is 45.5 Å². The van der Waals surface area contributed by atoms with Gasteiger partial charge in [-0.2, -0.15) is 0 Å². The number of carbonyl (C=O) groups is 1. The lowest BCUT2D eigenvalue weighted by molar-refractivity contribution is 0.0957. The van der Waals surface area contributed by atoms with Crippen LogP contribution in [0.1, 0.15) is 39.3 Å². The first kappa shape index (κ1) is 17.5. The molecule has 0 atom stereocenters. The number of carbonyl (C=O) groups excluding carboxylic acids is 1. The summed E-state index contributed by atoms with van der Waals surface area (Å²) in [5.41, 5.74) is 3.16. The van der Waals surface area contributed by atoms with E-state index >= 15 is 0 Å². The van der Waals surface area contributed by atoms with Gasteiger partial charge in [-0.3, -0.25) is 4.79 Å². The second-order valence-corrected chi connectivity index (χ2v) is 7.19. The number of amides is 1. The van der Waals surface area contributed by atoms with Crippen LogP contribution in [0, 0.1) is 6.92 Å². The predicted octanol–water partition coefficient (Wildman–Crippen LogP) is 3.87. The molecule has 0 spiro atoms. The molecule has 5 nitrogen and oxygen atoms in total. The minimum absolute atomic E-state index is 0.0218. The molecular formula is C19H23N3O2S. The monoisotopic (exact) mass is 357 g/mol. The van der Waals surface area contributed by atoms with E-state index in [4.69, 9.17) is 4.74 Å². The molecule has 0 unspecified atom stereocenters. The third kappa shape index (κ3) is 3.85. The molecule has 25 heavy (non-hydrogen) atoms. The number of benzene rings is 1. The van der Waals surface area contributed by atoms with Gasteiger partial charge in [0.05, 0.1) is 17.8 Å². The average Bonchev–Trinajstić information content (AvgIpc) is 3.18. The smallest absolute Gasteiger partial charge is 0.263 e. The van der Waals surface area contributed by atoms with Crippen molar-refractivity contribution < 1.29 is 9.53 Å². The van der Waals surface area contributed by atoms with Crippen LogP contribution in [0.15, 0.2) is 24.4 Å². The van der Waals surface area contributed by atoms with Gasteiger partial charge in [-0.1, -0.05) is 13.3 Å². The topological polar surface area (TPSA) is 67.0 Å². The number of hydrogen-bond donors (Lipinski definition) is 2. The van der Waals surface area contributed by atoms with Gasteiger partial charge in [-0.25, -0.2) is 4.98 Å². The number of nitrogens with zero attached hydrogens (tertiary/aromatic N) is 1. The number of rotatable bonds is 7. The van der Waals surface area contributed by atoms with Gasteiger partial charge in [0.2, 0.25) is 0 Å². The molecule has 0 aliphatic rings. The standard InChI is InChI=1S/C19H23N3O2S/c1-4-5-17-18(25-12(2)22-17)19(23)20-9-8-13-11-21-16-7-6-14(24-3)10-15(13)16/h6-7,10-11,21H,4-5,8-9H2,1-3H3,(H,20,23). The van der Waals surface area contributed by atoms with E-state index in [2.05, 4.69) is 22.2 Å². The summed E-state index contributed by atoms with van der Waals surface area (Å²) in [6.07, 6.45) is 4.59. The summed E-state index contributed by atoms with van der Waals surface area (Å²) in [7, 11) is 1.67. The Kier molecular flexibility index (Phi) is 5.38. The molecule has 0 fully saturated rings. The molecule has 0 saturated heterocycles. The molecule has 6 heteroatoms. The highest BCUT2D eigenvalue weighted by Crippen LogP contribution is 2.24. The van der Waals surface area contributed by atoms with E-state index in [0.29, 0.717) is 6.54 Å². The van der Waals surface area contributed by atoms with Crippen LogP contribution in [0.2, 0.25) is 0 Å². The minimum atomic E-state index is -0.0218. The number of aryl methyl sites for hydroxylation is 2. The highest BCUT2D eigenvalue weighted by Gasteiger charge is 2.16. The zero-order valence-electron chi connectivity index (χ0n) is 14.8. The van der Waals surface area contributed by atoms with Crippen molar-refractivity contribution in [3.8, 4) is 5.75 Å². The number of H-pyrrole nitrogens is 1. The van der Waals surface area contributed by atoms with Gasteiger partial charge in [-0.15, -0.1) is 11.3 Å². The molecule has 132 valence electrons. The van der Waals surface area contributed by atoms with Crippen LogP contribution in [-0.4, -0.2) is 29.5 Å². The molecule has 2 heterocycles. The SMILES string of the molecule is CCCc1nc(C)sc1C(=O)NCCc1c[nH]c2ccc(OC)cc12. The summed E-state index contributed by atoms with van der Waals surface area (Å²) in [5, 5.41) is 5.10. The third-order valence-electron chi connectivity index (χ3n) is 4.15. The van der Waals surface area contributed by atoms with Crippen molar-refractivity contribution in [1.29, 1.82) is 0 Å². The van der Waals surface area contributed by atoms with E-state index in [9.17, 15) is 4.79 Å². The van der Waals surface area contributed by atoms with Crippen LogP contribution in [0.3, 0.4) is 0 Å². The van der Waals surface area contributed by atoms with Crippen LogP contribution in [0.4, 0.5) is 0 Å². The first-order chi connectivity index (χ1) is 12.1. The number of nitrogens with one attached hydrogen (secondary N) is 2. The van der Waals surface area contributed by atoms with Crippen molar-refractivity contribution in [2.75, 3.05) is 13.7 Å². The van der Waals surface area contributed by atoms with Crippen molar-refractivity contribution in [3.63, 3.8) is 0 Å². The Hall–Kier alpha value is -2.34. The Morgan fingerprint density at radius 2 is 2.20 bits per heavy atom. The quantitative estimate of drug-likeness (QED) is 0.674. The summed E-state index contributed by atoms with van der Waals surface area (Å²) < 4.78 is 5.30. The van der Waals surface area contributed by atoms with E-state index < -0.39 is 0 Å². The highest BCUT2D eigenvalue weighted by atomic mass is 32.1. The van der Waals surface area contributed by atoms with Gasteiger partial charge in [0.15, 0.2) is 0 Å². The van der Waals surface area contributed by atoms with Crippen molar-refractivity contribution in [2.24, 2.45) is 0 Å². The number of thiazole rings is 1. The Balaban J connectivity index is 1.66. The van der Waals surface area contributed by atoms with Gasteiger partial charge in [0.25, 0.3) is 5.91 Å². The van der Waals surface area contributed by atoms with Crippen molar-refractivity contribution >= 4 is 28.1 Å². The average molecular weight is 357 g/mol. The molecule has 0 aliphatic heterocycles. The van der Waals surface area contributed by atoms with Gasteiger partial charge in [-0.05, 0) is 43.5 Å². The predicted molar refractivity (Wildman–Crippen MR) is 102 cm³/mol. The van der Waals surface area contributed by atoms with Crippen LogP contribution in [-0.2, 0) is 12.8 Å². The van der Waals surface area contributed by atoms with Gasteiger partial charge >= 0.3 is 0 Å². The normalized spacial score (nSPS) is 11.0. The van der Waals surface area contributed by atoms with Crippen molar-refractivity contribution in [2.45, 2.75) is 33.1 Å². The number of aromatic nitrogens is 2. The molecule has 3 rings (SSSR count). The lowest BCUT2D eigenvalue weighted by Crippen LogP contribution is -2.25. The molecular weight excluding hydrogens is 334 g/mol. The molecule has 1 aromatic carbocycles. The highest BCUT2D eigenvalue weighted by molar-refractivity contribution is 7.13. The second kappa shape index (κ2) is 7.70. The number of aromatic amines is 1. The molecule has 0 saturated carbocycles. The maximum absolute atomic E-state index is 12.5. The number of methoxy groups -OCH3 is 1. The molecule has 0 radical (unpaired) electrons. The number of ether oxygens (including phenoxy) is 1. The Morgan fingerprint density at radius 3 is 2.96 bits per heavy atom. The van der Waals surface area contributed by atoms with Gasteiger partial charge in [0, 0.05) is 23.6 Å². The first-order valence-electron chi connectivity index (χ1n) is 8.51. The zero-order chi connectivity index (χ0) is 17.8. The van der Waals surface area contributed by atoms with E-state index in [-0.39, 0.29) is 5.91 Å². The fourth-order valence-corrected chi connectivity index (χ4v) is 3.82. The largest absolute Gasteiger partial charge is 0.497 e. The summed E-state index contributed by atoms with van der Waals surface area (Å²) in [6.45, 7) is 4.63. The van der Waals surface area contributed by atoms with Crippen LogP contribution in [0.25, 0.3) is 10.9 Å². The minimum Gasteiger partial charge on any atom is -0.497 e. The summed E-state index contributed by atoms with van der Waals surface area (Å²) in [4.78, 5) is 21.0. The van der Waals surface area contributed by atoms with Crippen LogP contribution >= 0.6 is 11.3 Å². The van der Waals surface area contributed by atoms with Crippen molar-refractivity contribution in [1.82, 2.24) is 15.3 Å². The fraction of sp³-hybridized carbons (Fsp3) is 0.368. The zero-order valence-corrected chi connectivity index (χ0v) is 15.6. The van der Waals surface area contributed by atoms with Crippen LogP contribution in [0.5, 0.6) is 5.75 Å². The maximum atomic E-state index is 12.5. The molecule has 2 N–H and O–H groups in total. The summed E-state index contributed by atoms with van der Waals surface area (Å²) in [5.74, 6) is 0.813. The molecule has 3 aromatic rings. The van der Waals surface area contributed by atoms with E-state index in [1.165, 1.54) is 16.9 Å². The van der Waals surface area contributed by atoms with E-state index in [1.54, 1.807) is 7.11 Å². The number of fused-ring (bicyclic) bond motifs is 1. The Morgan fingerprint density at radius 1 is 1.36 bits per heavy atom. The fourth-order valence-electron chi connectivity index (χ4n) is 2.94. The molecule has 2 aromatic heterocycles. The first-order valence-corrected chi connectivity index (χ1v) is 9.32. The van der Waals surface area contributed by atoms with Crippen LogP contribution < -0.4 is 10.1 Å². The molecule has 0 aliphatic carbocycles. The maximum Gasteiger partial charge on any atom is 0.263 e. The van der Waals surface area contributed by atoms with E-state index in [0.717, 1.165) is 51.5 Å². The number of hydrogen-bond acceptors (Lipinski definition) is 4. The van der Waals surface area contributed by atoms with Gasteiger partial charge < -0.3 is 15.0 Å².